The van der Waals surface area contributed by atoms with E-state index in [0.29, 0.717) is 11.6 Å². The van der Waals surface area contributed by atoms with Gasteiger partial charge in [0.2, 0.25) is 0 Å². The molecule has 1 aliphatic rings. The van der Waals surface area contributed by atoms with Crippen molar-refractivity contribution in [3.8, 4) is 12.3 Å². The van der Waals surface area contributed by atoms with Crippen molar-refractivity contribution in [1.82, 2.24) is 14.9 Å². The van der Waals surface area contributed by atoms with E-state index in [1.807, 2.05) is 23.6 Å². The van der Waals surface area contributed by atoms with Gasteiger partial charge in [-0.25, -0.2) is 9.97 Å². The van der Waals surface area contributed by atoms with Crippen LogP contribution in [0.5, 0.6) is 0 Å². The molecule has 2 aromatic heterocycles. The number of likely N-dealkylation sites (N-methyl/N-ethyl adjacent to an activating group) is 1. The van der Waals surface area contributed by atoms with Gasteiger partial charge >= 0.3 is 0 Å². The van der Waals surface area contributed by atoms with Crippen LogP contribution in [0.3, 0.4) is 0 Å². The number of terminal acetylenes is 1. The van der Waals surface area contributed by atoms with E-state index in [2.05, 4.69) is 46.8 Å². The maximum Gasteiger partial charge on any atom is 0.113 e. The monoisotopic (exact) mass is 382 g/mol. The summed E-state index contributed by atoms with van der Waals surface area (Å²) in [6.07, 6.45) is 14.0. The summed E-state index contributed by atoms with van der Waals surface area (Å²) in [5, 5.41) is 1.32. The molecule has 0 unspecified atom stereocenters. The molecule has 0 saturated carbocycles. The molecule has 0 aromatic carbocycles. The van der Waals surface area contributed by atoms with Crippen molar-refractivity contribution in [1.29, 1.82) is 0 Å². The fourth-order valence-electron chi connectivity index (χ4n) is 3.68. The van der Waals surface area contributed by atoms with Crippen LogP contribution in [0.25, 0.3) is 0 Å². The van der Waals surface area contributed by atoms with Gasteiger partial charge in [0, 0.05) is 36.6 Å². The van der Waals surface area contributed by atoms with E-state index in [-0.39, 0.29) is 0 Å². The lowest BCUT2D eigenvalue weighted by molar-refractivity contribution is 0.293. The maximum atomic E-state index is 5.39. The lowest BCUT2D eigenvalue weighted by Gasteiger charge is -2.32. The van der Waals surface area contributed by atoms with Crippen molar-refractivity contribution in [2.24, 2.45) is 0 Å². The second kappa shape index (κ2) is 9.87. The number of nitrogens with zero attached hydrogens (tertiary/aromatic N) is 4. The van der Waals surface area contributed by atoms with Crippen LogP contribution in [-0.4, -0.2) is 47.6 Å². The fourth-order valence-corrected chi connectivity index (χ4v) is 4.76. The molecule has 0 amide bonds. The normalized spacial score (nSPS) is 15.3. The quantitative estimate of drug-likeness (QED) is 0.641. The van der Waals surface area contributed by atoms with Crippen LogP contribution in [-0.2, 0) is 6.42 Å². The third kappa shape index (κ3) is 5.31. The minimum Gasteiger partial charge on any atom is -0.370 e. The first-order valence-electron chi connectivity index (χ1n) is 10.1. The summed E-state index contributed by atoms with van der Waals surface area (Å²) in [6.45, 7) is 10.1. The zero-order chi connectivity index (χ0) is 19.1. The van der Waals surface area contributed by atoms with Gasteiger partial charge in [-0.1, -0.05) is 19.8 Å². The molecule has 144 valence electrons. The van der Waals surface area contributed by atoms with Gasteiger partial charge in [-0.15, -0.1) is 17.8 Å². The smallest absolute Gasteiger partial charge is 0.113 e. The Kier molecular flexibility index (Phi) is 7.25. The highest BCUT2D eigenvalue weighted by atomic mass is 32.1. The molecule has 5 heteroatoms. The fraction of sp³-hybridized carbons (Fsp3) is 0.545. The van der Waals surface area contributed by atoms with Crippen LogP contribution in [0.2, 0.25) is 0 Å². The number of thiazole rings is 1. The van der Waals surface area contributed by atoms with Crippen molar-refractivity contribution in [2.75, 3.05) is 37.6 Å². The Hall–Kier alpha value is -1.90. The lowest BCUT2D eigenvalue weighted by Crippen LogP contribution is -2.32. The van der Waals surface area contributed by atoms with Gasteiger partial charge < -0.3 is 9.80 Å². The zero-order valence-corrected chi connectivity index (χ0v) is 17.3. The van der Waals surface area contributed by atoms with E-state index in [4.69, 9.17) is 11.4 Å². The Morgan fingerprint density at radius 1 is 1.19 bits per heavy atom. The maximum absolute atomic E-state index is 5.39. The van der Waals surface area contributed by atoms with E-state index in [1.165, 1.54) is 28.5 Å². The molecule has 3 heterocycles. The SMILES string of the molecule is C#Cc1ccc(N2CCC(c3ncc(CCN(CC)CCC)s3)CC2)cn1. The lowest BCUT2D eigenvalue weighted by atomic mass is 9.97. The summed E-state index contributed by atoms with van der Waals surface area (Å²) >= 11 is 1.92. The molecule has 1 aliphatic heterocycles. The molecular weight excluding hydrogens is 352 g/mol. The van der Waals surface area contributed by atoms with Crippen molar-refractivity contribution in [2.45, 2.75) is 45.4 Å². The topological polar surface area (TPSA) is 32.3 Å². The van der Waals surface area contributed by atoms with E-state index in [9.17, 15) is 0 Å². The summed E-state index contributed by atoms with van der Waals surface area (Å²) in [7, 11) is 0. The Morgan fingerprint density at radius 3 is 2.63 bits per heavy atom. The molecule has 0 aliphatic carbocycles. The highest BCUT2D eigenvalue weighted by Gasteiger charge is 2.23. The highest BCUT2D eigenvalue weighted by Crippen LogP contribution is 2.32. The first kappa shape index (κ1) is 19.9. The van der Waals surface area contributed by atoms with Gasteiger partial charge in [-0.05, 0) is 50.9 Å². The van der Waals surface area contributed by atoms with Crippen LogP contribution >= 0.6 is 11.3 Å². The predicted molar refractivity (Wildman–Crippen MR) is 115 cm³/mol. The highest BCUT2D eigenvalue weighted by molar-refractivity contribution is 7.11. The number of aromatic nitrogens is 2. The van der Waals surface area contributed by atoms with E-state index in [1.54, 1.807) is 0 Å². The summed E-state index contributed by atoms with van der Waals surface area (Å²) in [5.74, 6) is 3.17. The molecule has 1 fully saturated rings. The number of anilines is 1. The summed E-state index contributed by atoms with van der Waals surface area (Å²) in [5.41, 5.74) is 1.87. The average molecular weight is 383 g/mol. The third-order valence-electron chi connectivity index (χ3n) is 5.34. The number of hydrogen-bond donors (Lipinski definition) is 0. The molecule has 1 saturated heterocycles. The van der Waals surface area contributed by atoms with Crippen molar-refractivity contribution >= 4 is 17.0 Å². The summed E-state index contributed by atoms with van der Waals surface area (Å²) in [4.78, 5) is 15.4. The largest absolute Gasteiger partial charge is 0.370 e. The third-order valence-corrected chi connectivity index (χ3v) is 6.56. The number of rotatable bonds is 8. The molecule has 0 spiro atoms. The van der Waals surface area contributed by atoms with E-state index < -0.39 is 0 Å². The number of pyridine rings is 1. The second-order valence-electron chi connectivity index (χ2n) is 7.16. The molecule has 0 radical (unpaired) electrons. The molecule has 0 atom stereocenters. The van der Waals surface area contributed by atoms with E-state index >= 15 is 0 Å². The minimum atomic E-state index is 0.593. The average Bonchev–Trinajstić information content (AvgIpc) is 3.20. The van der Waals surface area contributed by atoms with Crippen LogP contribution in [0, 0.1) is 12.3 Å². The molecule has 3 rings (SSSR count). The first-order valence-corrected chi connectivity index (χ1v) is 10.9. The second-order valence-corrected chi connectivity index (χ2v) is 8.30. The Balaban J connectivity index is 1.51. The first-order chi connectivity index (χ1) is 13.2. The van der Waals surface area contributed by atoms with Crippen LogP contribution in [0.4, 0.5) is 5.69 Å². The van der Waals surface area contributed by atoms with Gasteiger partial charge in [0.15, 0.2) is 0 Å². The van der Waals surface area contributed by atoms with Crippen molar-refractivity contribution in [3.05, 3.63) is 40.1 Å². The van der Waals surface area contributed by atoms with Crippen molar-refractivity contribution < 1.29 is 0 Å². The predicted octanol–water partition coefficient (Wildman–Crippen LogP) is 4.18. The number of piperidine rings is 1. The Bertz CT molecular complexity index is 738. The Morgan fingerprint density at radius 2 is 2.00 bits per heavy atom. The molecule has 27 heavy (non-hydrogen) atoms. The molecular formula is C22H30N4S. The number of hydrogen-bond acceptors (Lipinski definition) is 5. The van der Waals surface area contributed by atoms with Crippen molar-refractivity contribution in [3.63, 3.8) is 0 Å². The van der Waals surface area contributed by atoms with Crippen LogP contribution in [0.1, 0.15) is 54.6 Å². The standard InChI is InChI=1S/C22H30N4S/c1-4-12-25(6-3)13-11-21-17-24-22(27-21)18-9-14-26(15-10-18)20-8-7-19(5-2)23-16-20/h2,7-8,16-18H,4,6,9-15H2,1,3H3. The van der Waals surface area contributed by atoms with Crippen LogP contribution in [0.15, 0.2) is 24.5 Å². The van der Waals surface area contributed by atoms with Gasteiger partial charge in [0.25, 0.3) is 0 Å². The summed E-state index contributed by atoms with van der Waals surface area (Å²) < 4.78 is 0. The van der Waals surface area contributed by atoms with Crippen LogP contribution < -0.4 is 4.90 Å². The minimum absolute atomic E-state index is 0.593. The molecule has 2 aromatic rings. The molecule has 0 bridgehead atoms. The molecule has 0 N–H and O–H groups in total. The summed E-state index contributed by atoms with van der Waals surface area (Å²) in [6, 6.07) is 4.01. The van der Waals surface area contributed by atoms with Gasteiger partial charge in [0.1, 0.15) is 5.69 Å². The Labute approximate surface area is 167 Å². The van der Waals surface area contributed by atoms with Gasteiger partial charge in [0.05, 0.1) is 16.9 Å². The van der Waals surface area contributed by atoms with E-state index in [0.717, 1.165) is 45.4 Å². The zero-order valence-electron chi connectivity index (χ0n) is 16.5. The van der Waals surface area contributed by atoms with Gasteiger partial charge in [-0.2, -0.15) is 0 Å². The molecule has 4 nitrogen and oxygen atoms in total. The van der Waals surface area contributed by atoms with Gasteiger partial charge in [-0.3, -0.25) is 0 Å².